The van der Waals surface area contributed by atoms with Crippen LogP contribution in [-0.4, -0.2) is 36.1 Å². The number of nitrogens with zero attached hydrogens (tertiary/aromatic N) is 1. The highest BCUT2D eigenvalue weighted by atomic mass is 35.5. The summed E-state index contributed by atoms with van der Waals surface area (Å²) >= 11 is 0. The van der Waals surface area contributed by atoms with Crippen molar-refractivity contribution in [2.24, 2.45) is 0 Å². The summed E-state index contributed by atoms with van der Waals surface area (Å²) in [5.41, 5.74) is 2.43. The van der Waals surface area contributed by atoms with Crippen LogP contribution >= 0.6 is 12.4 Å². The molecule has 2 amide bonds. The quantitative estimate of drug-likeness (QED) is 0.138. The lowest BCUT2D eigenvalue weighted by molar-refractivity contribution is -0.141. The standard InChI is InChI=1S/C37H30F3N3O4.ClH/c38-37(39,40)24-42-35(45)36(30-16-7-4-13-27(30)28-14-5-8-17-31(28)36)21-10-22-46-33-20-19-25(23-41-33)43-34(44)29-15-6-9-18-32(29)47-26-11-2-1-3-12-26;/h1-9,11-20,23H,10,21-22,24H2,(H,42,45)(H,43,44);1H. The van der Waals surface area contributed by atoms with E-state index in [1.165, 1.54) is 6.20 Å². The molecule has 0 aliphatic heterocycles. The minimum atomic E-state index is -4.55. The van der Waals surface area contributed by atoms with Crippen molar-refractivity contribution in [2.45, 2.75) is 24.4 Å². The third-order valence-electron chi connectivity index (χ3n) is 7.94. The van der Waals surface area contributed by atoms with E-state index in [2.05, 4.69) is 15.6 Å². The predicted octanol–water partition coefficient (Wildman–Crippen LogP) is 8.35. The van der Waals surface area contributed by atoms with Gasteiger partial charge in [-0.2, -0.15) is 13.2 Å². The first-order valence-electron chi connectivity index (χ1n) is 15.0. The van der Waals surface area contributed by atoms with Crippen LogP contribution in [0.1, 0.15) is 34.3 Å². The molecule has 6 rings (SSSR count). The third kappa shape index (κ3) is 7.29. The number of hydrogen-bond acceptors (Lipinski definition) is 5. The molecule has 11 heteroatoms. The Labute approximate surface area is 281 Å². The number of anilines is 1. The summed E-state index contributed by atoms with van der Waals surface area (Å²) < 4.78 is 51.1. The van der Waals surface area contributed by atoms with E-state index in [1.807, 2.05) is 42.5 Å². The van der Waals surface area contributed by atoms with Crippen LogP contribution in [0.5, 0.6) is 17.4 Å². The van der Waals surface area contributed by atoms with Crippen molar-refractivity contribution in [2.75, 3.05) is 18.5 Å². The van der Waals surface area contributed by atoms with E-state index in [4.69, 9.17) is 9.47 Å². The SMILES string of the molecule is Cl.O=C(Nc1ccc(OCCCC2(C(=O)NCC(F)(F)F)c3ccccc3-c3ccccc32)nc1)c1ccccc1Oc1ccccc1. The molecular formula is C37H31ClF3N3O4. The number of amides is 2. The first-order valence-corrected chi connectivity index (χ1v) is 15.0. The minimum Gasteiger partial charge on any atom is -0.478 e. The maximum Gasteiger partial charge on any atom is 0.405 e. The number of rotatable bonds is 11. The molecule has 48 heavy (non-hydrogen) atoms. The number of carbonyl (C=O) groups excluding carboxylic acids is 2. The first kappa shape index (κ1) is 34.0. The number of alkyl halides is 3. The molecule has 0 saturated heterocycles. The number of benzene rings is 4. The van der Waals surface area contributed by atoms with Gasteiger partial charge in [0, 0.05) is 6.07 Å². The van der Waals surface area contributed by atoms with Gasteiger partial charge in [0.1, 0.15) is 23.5 Å². The molecule has 0 spiro atoms. The highest BCUT2D eigenvalue weighted by molar-refractivity contribution is 6.06. The van der Waals surface area contributed by atoms with Crippen LogP contribution in [0, 0.1) is 0 Å². The van der Waals surface area contributed by atoms with Crippen molar-refractivity contribution in [3.05, 3.63) is 138 Å². The summed E-state index contributed by atoms with van der Waals surface area (Å²) in [4.78, 5) is 31.0. The fraction of sp³-hybridized carbons (Fsp3) is 0.162. The molecule has 0 unspecified atom stereocenters. The van der Waals surface area contributed by atoms with Crippen molar-refractivity contribution >= 4 is 29.9 Å². The molecule has 0 bridgehead atoms. The maximum atomic E-state index is 13.6. The molecule has 246 valence electrons. The topological polar surface area (TPSA) is 89.5 Å². The molecule has 2 N–H and O–H groups in total. The van der Waals surface area contributed by atoms with Crippen LogP contribution in [0.2, 0.25) is 0 Å². The molecule has 0 fully saturated rings. The fourth-order valence-corrected chi connectivity index (χ4v) is 5.90. The zero-order valence-corrected chi connectivity index (χ0v) is 26.3. The minimum absolute atomic E-state index is 0. The van der Waals surface area contributed by atoms with Crippen molar-refractivity contribution in [3.8, 4) is 28.5 Å². The Morgan fingerprint density at radius 3 is 2.04 bits per heavy atom. The zero-order valence-electron chi connectivity index (χ0n) is 25.5. The van der Waals surface area contributed by atoms with E-state index >= 15 is 0 Å². The molecular weight excluding hydrogens is 643 g/mol. The van der Waals surface area contributed by atoms with Gasteiger partial charge < -0.3 is 20.1 Å². The van der Waals surface area contributed by atoms with Gasteiger partial charge in [-0.15, -0.1) is 12.4 Å². The van der Waals surface area contributed by atoms with Gasteiger partial charge in [0.05, 0.1) is 24.1 Å². The Balaban J connectivity index is 0.00000451. The number of aromatic nitrogens is 1. The molecule has 7 nitrogen and oxygen atoms in total. The number of fused-ring (bicyclic) bond motifs is 3. The summed E-state index contributed by atoms with van der Waals surface area (Å²) in [6, 6.07) is 33.9. The van der Waals surface area contributed by atoms with Gasteiger partial charge in [0.2, 0.25) is 11.8 Å². The van der Waals surface area contributed by atoms with Gasteiger partial charge in [-0.1, -0.05) is 78.9 Å². The van der Waals surface area contributed by atoms with E-state index < -0.39 is 24.0 Å². The Hall–Kier alpha value is -5.35. The predicted molar refractivity (Wildman–Crippen MR) is 179 cm³/mol. The van der Waals surface area contributed by atoms with Crippen LogP contribution in [0.3, 0.4) is 0 Å². The smallest absolute Gasteiger partial charge is 0.405 e. The Morgan fingerprint density at radius 1 is 0.771 bits per heavy atom. The van der Waals surface area contributed by atoms with Crippen LogP contribution < -0.4 is 20.1 Å². The number of para-hydroxylation sites is 2. The summed E-state index contributed by atoms with van der Waals surface area (Å²) in [7, 11) is 0. The van der Waals surface area contributed by atoms with E-state index in [1.54, 1.807) is 72.8 Å². The van der Waals surface area contributed by atoms with Crippen molar-refractivity contribution in [1.82, 2.24) is 10.3 Å². The summed E-state index contributed by atoms with van der Waals surface area (Å²) in [6.45, 7) is -1.27. The van der Waals surface area contributed by atoms with Crippen LogP contribution in [-0.2, 0) is 10.2 Å². The van der Waals surface area contributed by atoms with Gasteiger partial charge in [0.25, 0.3) is 5.91 Å². The fourth-order valence-electron chi connectivity index (χ4n) is 5.90. The summed E-state index contributed by atoms with van der Waals surface area (Å²) in [6.07, 6.45) is -2.53. The maximum absolute atomic E-state index is 13.6. The van der Waals surface area contributed by atoms with Crippen molar-refractivity contribution in [1.29, 1.82) is 0 Å². The molecule has 1 aromatic heterocycles. The van der Waals surface area contributed by atoms with Gasteiger partial charge >= 0.3 is 6.18 Å². The van der Waals surface area contributed by atoms with E-state index in [0.717, 1.165) is 11.1 Å². The van der Waals surface area contributed by atoms with Gasteiger partial charge in [-0.25, -0.2) is 4.98 Å². The number of halogens is 4. The average Bonchev–Trinajstić information content (AvgIpc) is 3.37. The number of ether oxygens (including phenoxy) is 2. The van der Waals surface area contributed by atoms with Crippen molar-refractivity contribution < 1.29 is 32.2 Å². The molecule has 5 aromatic rings. The zero-order chi connectivity index (χ0) is 32.9. The van der Waals surface area contributed by atoms with Crippen molar-refractivity contribution in [3.63, 3.8) is 0 Å². The van der Waals surface area contributed by atoms with E-state index in [9.17, 15) is 22.8 Å². The number of carbonyl (C=O) groups is 2. The highest BCUT2D eigenvalue weighted by Gasteiger charge is 2.49. The number of pyridine rings is 1. The molecule has 1 aliphatic carbocycles. The molecule has 4 aromatic carbocycles. The Morgan fingerprint density at radius 2 is 1.40 bits per heavy atom. The molecule has 0 radical (unpaired) electrons. The highest BCUT2D eigenvalue weighted by Crippen LogP contribution is 2.51. The van der Waals surface area contributed by atoms with Gasteiger partial charge in [-0.3, -0.25) is 9.59 Å². The normalized spacial score (nSPS) is 12.6. The van der Waals surface area contributed by atoms with Crippen LogP contribution in [0.15, 0.2) is 121 Å². The molecule has 1 heterocycles. The lowest BCUT2D eigenvalue weighted by Crippen LogP contribution is -2.47. The Kier molecular flexibility index (Phi) is 10.3. The lowest BCUT2D eigenvalue weighted by Gasteiger charge is -2.31. The average molecular weight is 674 g/mol. The second kappa shape index (κ2) is 14.6. The molecule has 0 atom stereocenters. The van der Waals surface area contributed by atoms with Crippen LogP contribution in [0.4, 0.5) is 18.9 Å². The van der Waals surface area contributed by atoms with E-state index in [-0.39, 0.29) is 31.3 Å². The summed E-state index contributed by atoms with van der Waals surface area (Å²) in [5, 5.41) is 4.95. The summed E-state index contributed by atoms with van der Waals surface area (Å²) in [5.74, 6) is 0.213. The lowest BCUT2D eigenvalue weighted by atomic mass is 9.73. The second-order valence-electron chi connectivity index (χ2n) is 11.0. The Bertz CT molecular complexity index is 1840. The first-order chi connectivity index (χ1) is 22.7. The number of hydrogen-bond donors (Lipinski definition) is 2. The third-order valence-corrected chi connectivity index (χ3v) is 7.94. The molecule has 1 aliphatic rings. The molecule has 0 saturated carbocycles. The van der Waals surface area contributed by atoms with E-state index in [0.29, 0.717) is 46.2 Å². The second-order valence-corrected chi connectivity index (χ2v) is 11.0. The van der Waals surface area contributed by atoms with Crippen LogP contribution in [0.25, 0.3) is 11.1 Å². The monoisotopic (exact) mass is 673 g/mol. The van der Waals surface area contributed by atoms with Gasteiger partial charge in [0.15, 0.2) is 0 Å². The van der Waals surface area contributed by atoms with Gasteiger partial charge in [-0.05, 0) is 65.4 Å². The number of nitrogens with one attached hydrogen (secondary N) is 2. The largest absolute Gasteiger partial charge is 0.478 e.